The molecule has 1 aliphatic heterocycles. The van der Waals surface area contributed by atoms with Gasteiger partial charge in [0.25, 0.3) is 15.9 Å². The number of amides is 1. The summed E-state index contributed by atoms with van der Waals surface area (Å²) in [5, 5.41) is 2.90. The first-order valence-electron chi connectivity index (χ1n) is 9.87. The summed E-state index contributed by atoms with van der Waals surface area (Å²) in [4.78, 5) is 14.2. The van der Waals surface area contributed by atoms with E-state index in [4.69, 9.17) is 4.74 Å². The van der Waals surface area contributed by atoms with Crippen molar-refractivity contribution < 1.29 is 17.9 Å². The van der Waals surface area contributed by atoms with E-state index in [9.17, 15) is 13.2 Å². The van der Waals surface area contributed by atoms with Crippen LogP contribution in [0.2, 0.25) is 0 Å². The number of benzene rings is 3. The van der Waals surface area contributed by atoms with Gasteiger partial charge in [-0.1, -0.05) is 49.4 Å². The molecular weight excluding hydrogens is 432 g/mol. The SMILES string of the molecule is CCSc1ccccc1NC(=O)[C@@H]1CN(S(=O)(=O)c2ccccc2)c2ccccc2O1. The number of carbonyl (C=O) groups excluding carboxylic acids is 1. The average molecular weight is 455 g/mol. The van der Waals surface area contributed by atoms with Crippen molar-refractivity contribution in [1.29, 1.82) is 0 Å². The number of nitrogens with zero attached hydrogens (tertiary/aromatic N) is 1. The van der Waals surface area contributed by atoms with Crippen molar-refractivity contribution >= 4 is 39.1 Å². The summed E-state index contributed by atoms with van der Waals surface area (Å²) in [5.41, 5.74) is 1.09. The van der Waals surface area contributed by atoms with Gasteiger partial charge in [-0.25, -0.2) is 8.42 Å². The molecule has 160 valence electrons. The molecule has 0 saturated heterocycles. The van der Waals surface area contributed by atoms with Crippen molar-refractivity contribution in [2.24, 2.45) is 0 Å². The van der Waals surface area contributed by atoms with Crippen LogP contribution in [0.1, 0.15) is 6.92 Å². The third kappa shape index (κ3) is 4.40. The molecule has 0 aliphatic carbocycles. The number of nitrogens with one attached hydrogen (secondary N) is 1. The lowest BCUT2D eigenvalue weighted by Gasteiger charge is -2.34. The molecule has 1 N–H and O–H groups in total. The number of rotatable bonds is 6. The minimum Gasteiger partial charge on any atom is -0.476 e. The first-order chi connectivity index (χ1) is 15.0. The number of anilines is 2. The van der Waals surface area contributed by atoms with E-state index >= 15 is 0 Å². The van der Waals surface area contributed by atoms with Gasteiger partial charge in [-0.3, -0.25) is 9.10 Å². The Balaban J connectivity index is 1.65. The first-order valence-corrected chi connectivity index (χ1v) is 12.3. The van der Waals surface area contributed by atoms with E-state index in [-0.39, 0.29) is 11.4 Å². The molecule has 31 heavy (non-hydrogen) atoms. The number of ether oxygens (including phenoxy) is 1. The molecule has 0 spiro atoms. The number of carbonyl (C=O) groups is 1. The quantitative estimate of drug-likeness (QED) is 0.559. The zero-order valence-electron chi connectivity index (χ0n) is 16.9. The van der Waals surface area contributed by atoms with Crippen molar-refractivity contribution in [2.45, 2.75) is 22.8 Å². The second-order valence-electron chi connectivity index (χ2n) is 6.84. The van der Waals surface area contributed by atoms with Gasteiger partial charge in [0.2, 0.25) is 0 Å². The topological polar surface area (TPSA) is 75.7 Å². The van der Waals surface area contributed by atoms with Crippen molar-refractivity contribution in [3.63, 3.8) is 0 Å². The van der Waals surface area contributed by atoms with Gasteiger partial charge in [-0.2, -0.15) is 0 Å². The molecule has 0 fully saturated rings. The maximum absolute atomic E-state index is 13.4. The van der Waals surface area contributed by atoms with Crippen molar-refractivity contribution in [3.05, 3.63) is 78.9 Å². The molecule has 1 aliphatic rings. The molecule has 0 aromatic heterocycles. The van der Waals surface area contributed by atoms with Crippen LogP contribution in [0.3, 0.4) is 0 Å². The van der Waals surface area contributed by atoms with Crippen molar-refractivity contribution in [2.75, 3.05) is 21.9 Å². The minimum atomic E-state index is -3.86. The van der Waals surface area contributed by atoms with Crippen LogP contribution in [0.15, 0.2) is 88.7 Å². The van der Waals surface area contributed by atoms with Crippen LogP contribution >= 0.6 is 11.8 Å². The summed E-state index contributed by atoms with van der Waals surface area (Å²) in [6.07, 6.45) is -0.993. The van der Waals surface area contributed by atoms with Crippen molar-refractivity contribution in [1.82, 2.24) is 0 Å². The summed E-state index contributed by atoms with van der Waals surface area (Å²) in [6, 6.07) is 22.5. The third-order valence-electron chi connectivity index (χ3n) is 4.80. The smallest absolute Gasteiger partial charge is 0.267 e. The van der Waals surface area contributed by atoms with Crippen LogP contribution in [0, 0.1) is 0 Å². The largest absolute Gasteiger partial charge is 0.476 e. The molecule has 3 aromatic carbocycles. The minimum absolute atomic E-state index is 0.122. The van der Waals surface area contributed by atoms with Gasteiger partial charge in [-0.05, 0) is 42.2 Å². The molecule has 8 heteroatoms. The number of sulfonamides is 1. The van der Waals surface area contributed by atoms with Gasteiger partial charge >= 0.3 is 0 Å². The number of para-hydroxylation sites is 3. The Labute approximate surface area is 186 Å². The predicted octanol–water partition coefficient (Wildman–Crippen LogP) is 4.39. The number of fused-ring (bicyclic) bond motifs is 1. The summed E-state index contributed by atoms with van der Waals surface area (Å²) >= 11 is 1.62. The van der Waals surface area contributed by atoms with E-state index in [2.05, 4.69) is 5.32 Å². The summed E-state index contributed by atoms with van der Waals surface area (Å²) in [5.74, 6) is 0.820. The summed E-state index contributed by atoms with van der Waals surface area (Å²) < 4.78 is 33.9. The average Bonchev–Trinajstić information content (AvgIpc) is 2.80. The van der Waals surface area contributed by atoms with Gasteiger partial charge in [0.05, 0.1) is 22.8 Å². The number of hydrogen-bond donors (Lipinski definition) is 1. The van der Waals surface area contributed by atoms with E-state index in [1.165, 1.54) is 4.31 Å². The zero-order valence-corrected chi connectivity index (χ0v) is 18.5. The number of thioether (sulfide) groups is 1. The van der Waals surface area contributed by atoms with Crippen LogP contribution in [-0.4, -0.2) is 32.7 Å². The molecule has 0 saturated carbocycles. The molecule has 0 unspecified atom stereocenters. The predicted molar refractivity (Wildman–Crippen MR) is 123 cm³/mol. The molecule has 3 aromatic rings. The first kappa shape index (κ1) is 21.3. The lowest BCUT2D eigenvalue weighted by Crippen LogP contribution is -2.48. The highest BCUT2D eigenvalue weighted by Crippen LogP contribution is 2.37. The standard InChI is InChI=1S/C23H22N2O4S2/c1-2-30-22-15-9-6-12-18(22)24-23(26)21-16-25(19-13-7-8-14-20(19)29-21)31(27,28)17-10-4-3-5-11-17/h3-15,21H,2,16H2,1H3,(H,24,26)/t21-/m0/s1. The summed E-state index contributed by atoms with van der Waals surface area (Å²) in [7, 11) is -3.86. The summed E-state index contributed by atoms with van der Waals surface area (Å²) in [6.45, 7) is 1.92. The maximum atomic E-state index is 13.4. The second-order valence-corrected chi connectivity index (χ2v) is 10.0. The maximum Gasteiger partial charge on any atom is 0.267 e. The molecular formula is C23H22N2O4S2. The molecule has 1 heterocycles. The molecule has 1 atom stereocenters. The van der Waals surface area contributed by atoms with Crippen LogP contribution in [0.5, 0.6) is 5.75 Å². The van der Waals surface area contributed by atoms with Crippen LogP contribution in [0.25, 0.3) is 0 Å². The van der Waals surface area contributed by atoms with Crippen LogP contribution in [0.4, 0.5) is 11.4 Å². The lowest BCUT2D eigenvalue weighted by atomic mass is 10.2. The van der Waals surface area contributed by atoms with Crippen LogP contribution in [-0.2, 0) is 14.8 Å². The monoisotopic (exact) mass is 454 g/mol. The fourth-order valence-corrected chi connectivity index (χ4v) is 5.61. The Kier molecular flexibility index (Phi) is 6.20. The van der Waals surface area contributed by atoms with E-state index in [1.54, 1.807) is 66.4 Å². The Morgan fingerprint density at radius 3 is 2.48 bits per heavy atom. The molecule has 0 radical (unpaired) electrons. The fourth-order valence-electron chi connectivity index (χ4n) is 3.35. The Morgan fingerprint density at radius 1 is 1.03 bits per heavy atom. The highest BCUT2D eigenvalue weighted by atomic mass is 32.2. The fraction of sp³-hybridized carbons (Fsp3) is 0.174. The van der Waals surface area contributed by atoms with E-state index in [0.29, 0.717) is 17.1 Å². The van der Waals surface area contributed by atoms with Gasteiger partial charge < -0.3 is 10.1 Å². The Morgan fingerprint density at radius 2 is 1.71 bits per heavy atom. The Bertz CT molecular complexity index is 1180. The van der Waals surface area contributed by atoms with Gasteiger partial charge in [0.15, 0.2) is 6.10 Å². The second kappa shape index (κ2) is 9.03. The molecule has 4 rings (SSSR count). The lowest BCUT2D eigenvalue weighted by molar-refractivity contribution is -0.122. The zero-order chi connectivity index (χ0) is 21.8. The molecule has 6 nitrogen and oxygen atoms in total. The third-order valence-corrected chi connectivity index (χ3v) is 7.55. The highest BCUT2D eigenvalue weighted by molar-refractivity contribution is 7.99. The van der Waals surface area contributed by atoms with Gasteiger partial charge in [0, 0.05) is 4.90 Å². The van der Waals surface area contributed by atoms with E-state index in [1.807, 2.05) is 31.2 Å². The van der Waals surface area contributed by atoms with E-state index in [0.717, 1.165) is 10.6 Å². The Hall–Kier alpha value is -2.97. The van der Waals surface area contributed by atoms with Gasteiger partial charge in [-0.15, -0.1) is 11.8 Å². The highest BCUT2D eigenvalue weighted by Gasteiger charge is 2.37. The van der Waals surface area contributed by atoms with E-state index < -0.39 is 22.0 Å². The van der Waals surface area contributed by atoms with Gasteiger partial charge in [0.1, 0.15) is 5.75 Å². The van der Waals surface area contributed by atoms with Crippen molar-refractivity contribution in [3.8, 4) is 5.75 Å². The molecule has 0 bridgehead atoms. The normalized spacial score (nSPS) is 15.6. The molecule has 1 amide bonds. The van der Waals surface area contributed by atoms with Crippen LogP contribution < -0.4 is 14.4 Å². The number of hydrogen-bond acceptors (Lipinski definition) is 5.